The summed E-state index contributed by atoms with van der Waals surface area (Å²) in [7, 11) is 0. The molecule has 1 heterocycles. The maximum Gasteiger partial charge on any atom is 0.122 e. The van der Waals surface area contributed by atoms with Gasteiger partial charge in [-0.25, -0.2) is 0 Å². The predicted molar refractivity (Wildman–Crippen MR) is 79.8 cm³/mol. The molecule has 3 rings (SSSR count). The zero-order chi connectivity index (χ0) is 13.9. The minimum Gasteiger partial charge on any atom is -0.493 e. The topological polar surface area (TPSA) is 55.5 Å². The van der Waals surface area contributed by atoms with Gasteiger partial charge < -0.3 is 15.6 Å². The second kappa shape index (κ2) is 5.55. The van der Waals surface area contributed by atoms with Crippen LogP contribution in [0.25, 0.3) is 0 Å². The molecule has 2 aromatic carbocycles. The van der Waals surface area contributed by atoms with Crippen molar-refractivity contribution in [2.24, 2.45) is 0 Å². The van der Waals surface area contributed by atoms with E-state index in [1.165, 1.54) is 11.1 Å². The van der Waals surface area contributed by atoms with Gasteiger partial charge in [0.1, 0.15) is 5.75 Å². The van der Waals surface area contributed by atoms with Gasteiger partial charge >= 0.3 is 0 Å². The highest BCUT2D eigenvalue weighted by Gasteiger charge is 2.13. The molecular formula is C17H19NO2. The monoisotopic (exact) mass is 269 g/mol. The van der Waals surface area contributed by atoms with Crippen LogP contribution in [0.4, 0.5) is 5.69 Å². The second-order valence-electron chi connectivity index (χ2n) is 5.26. The van der Waals surface area contributed by atoms with Crippen LogP contribution in [0.15, 0.2) is 42.5 Å². The standard InChI is InChI=1S/C17H19NO2/c18-15-5-3-13(4-6-15)16(19)7-1-12-2-8-17-14(11-12)9-10-20-17/h2-6,8,11,16,19H,1,7,9-10,18H2. The normalized spacial score (nSPS) is 14.7. The summed E-state index contributed by atoms with van der Waals surface area (Å²) < 4.78 is 5.50. The predicted octanol–water partition coefficient (Wildman–Crippen LogP) is 2.87. The van der Waals surface area contributed by atoms with Gasteiger partial charge in [0, 0.05) is 12.1 Å². The van der Waals surface area contributed by atoms with Gasteiger partial charge in [0.25, 0.3) is 0 Å². The van der Waals surface area contributed by atoms with Crippen LogP contribution < -0.4 is 10.5 Å². The van der Waals surface area contributed by atoms with Crippen molar-refractivity contribution in [3.63, 3.8) is 0 Å². The highest BCUT2D eigenvalue weighted by molar-refractivity contribution is 5.41. The van der Waals surface area contributed by atoms with Crippen molar-refractivity contribution in [3.8, 4) is 5.75 Å². The smallest absolute Gasteiger partial charge is 0.122 e. The molecular weight excluding hydrogens is 250 g/mol. The summed E-state index contributed by atoms with van der Waals surface area (Å²) in [4.78, 5) is 0. The average molecular weight is 269 g/mol. The zero-order valence-corrected chi connectivity index (χ0v) is 11.4. The number of rotatable bonds is 4. The van der Waals surface area contributed by atoms with Gasteiger partial charge in [0.05, 0.1) is 12.7 Å². The van der Waals surface area contributed by atoms with E-state index in [4.69, 9.17) is 10.5 Å². The Morgan fingerprint density at radius 2 is 1.95 bits per heavy atom. The van der Waals surface area contributed by atoms with E-state index >= 15 is 0 Å². The summed E-state index contributed by atoms with van der Waals surface area (Å²) in [5.74, 6) is 1.01. The number of fused-ring (bicyclic) bond motifs is 1. The number of benzene rings is 2. The molecule has 0 fully saturated rings. The molecule has 0 spiro atoms. The van der Waals surface area contributed by atoms with E-state index in [0.717, 1.165) is 36.4 Å². The molecule has 0 bridgehead atoms. The Labute approximate surface area is 119 Å². The van der Waals surface area contributed by atoms with Crippen LogP contribution in [0, 0.1) is 0 Å². The number of aliphatic hydroxyl groups excluding tert-OH is 1. The number of hydrogen-bond acceptors (Lipinski definition) is 3. The van der Waals surface area contributed by atoms with E-state index in [2.05, 4.69) is 12.1 Å². The lowest BCUT2D eigenvalue weighted by atomic mass is 9.99. The van der Waals surface area contributed by atoms with Gasteiger partial charge in [-0.1, -0.05) is 24.3 Å². The van der Waals surface area contributed by atoms with E-state index < -0.39 is 6.10 Å². The zero-order valence-electron chi connectivity index (χ0n) is 11.4. The molecule has 3 N–H and O–H groups in total. The fraction of sp³-hybridized carbons (Fsp3) is 0.294. The van der Waals surface area contributed by atoms with E-state index in [9.17, 15) is 5.11 Å². The highest BCUT2D eigenvalue weighted by atomic mass is 16.5. The Hall–Kier alpha value is -2.00. The fourth-order valence-electron chi connectivity index (χ4n) is 2.58. The van der Waals surface area contributed by atoms with E-state index in [0.29, 0.717) is 6.42 Å². The maximum atomic E-state index is 10.2. The first-order valence-electron chi connectivity index (χ1n) is 7.00. The number of nitrogen functional groups attached to an aromatic ring is 1. The largest absolute Gasteiger partial charge is 0.493 e. The molecule has 2 aromatic rings. The summed E-state index contributed by atoms with van der Waals surface area (Å²) in [5.41, 5.74) is 9.83. The van der Waals surface area contributed by atoms with Crippen molar-refractivity contribution in [2.75, 3.05) is 12.3 Å². The number of ether oxygens (including phenoxy) is 1. The molecule has 0 aliphatic carbocycles. The van der Waals surface area contributed by atoms with E-state index in [1.54, 1.807) is 0 Å². The van der Waals surface area contributed by atoms with Crippen molar-refractivity contribution in [1.29, 1.82) is 0 Å². The third kappa shape index (κ3) is 2.78. The first kappa shape index (κ1) is 13.0. The van der Waals surface area contributed by atoms with Crippen molar-refractivity contribution in [3.05, 3.63) is 59.2 Å². The quantitative estimate of drug-likeness (QED) is 0.839. The molecule has 104 valence electrons. The molecule has 1 aliphatic heterocycles. The van der Waals surface area contributed by atoms with E-state index in [-0.39, 0.29) is 0 Å². The molecule has 3 heteroatoms. The third-order valence-electron chi connectivity index (χ3n) is 3.78. The third-order valence-corrected chi connectivity index (χ3v) is 3.78. The summed E-state index contributed by atoms with van der Waals surface area (Å²) in [6.07, 6.45) is 2.12. The molecule has 1 aliphatic rings. The van der Waals surface area contributed by atoms with Gasteiger partial charge in [-0.15, -0.1) is 0 Å². The lowest BCUT2D eigenvalue weighted by molar-refractivity contribution is 0.168. The Morgan fingerprint density at radius 3 is 2.75 bits per heavy atom. The van der Waals surface area contributed by atoms with Crippen LogP contribution in [0.2, 0.25) is 0 Å². The first-order valence-corrected chi connectivity index (χ1v) is 7.00. The highest BCUT2D eigenvalue weighted by Crippen LogP contribution is 2.27. The Kier molecular flexibility index (Phi) is 3.61. The number of anilines is 1. The lowest BCUT2D eigenvalue weighted by Gasteiger charge is -2.11. The molecule has 3 nitrogen and oxygen atoms in total. The molecule has 1 atom stereocenters. The van der Waals surface area contributed by atoms with Gasteiger partial charge in [0.2, 0.25) is 0 Å². The van der Waals surface area contributed by atoms with Crippen molar-refractivity contribution < 1.29 is 9.84 Å². The summed E-state index contributed by atoms with van der Waals surface area (Å²) in [6, 6.07) is 13.7. The van der Waals surface area contributed by atoms with Crippen molar-refractivity contribution in [1.82, 2.24) is 0 Å². The van der Waals surface area contributed by atoms with Crippen LogP contribution in [-0.2, 0) is 12.8 Å². The minimum atomic E-state index is -0.444. The molecule has 0 amide bonds. The molecule has 20 heavy (non-hydrogen) atoms. The van der Waals surface area contributed by atoms with Gasteiger partial charge in [-0.3, -0.25) is 0 Å². The summed E-state index contributed by atoms with van der Waals surface area (Å²) >= 11 is 0. The van der Waals surface area contributed by atoms with Gasteiger partial charge in [-0.2, -0.15) is 0 Å². The van der Waals surface area contributed by atoms with Crippen LogP contribution in [0.1, 0.15) is 29.2 Å². The van der Waals surface area contributed by atoms with Crippen molar-refractivity contribution in [2.45, 2.75) is 25.4 Å². The molecule has 1 unspecified atom stereocenters. The van der Waals surface area contributed by atoms with Crippen LogP contribution >= 0.6 is 0 Å². The van der Waals surface area contributed by atoms with Crippen LogP contribution in [-0.4, -0.2) is 11.7 Å². The second-order valence-corrected chi connectivity index (χ2v) is 5.26. The SMILES string of the molecule is Nc1ccc(C(O)CCc2ccc3c(c2)CCO3)cc1. The number of hydrogen-bond donors (Lipinski definition) is 2. The van der Waals surface area contributed by atoms with Crippen LogP contribution in [0.5, 0.6) is 5.75 Å². The Balaban J connectivity index is 1.63. The van der Waals surface area contributed by atoms with E-state index in [1.807, 2.05) is 30.3 Å². The molecule has 0 aromatic heterocycles. The number of nitrogens with two attached hydrogens (primary N) is 1. The van der Waals surface area contributed by atoms with Gasteiger partial charge in [0.15, 0.2) is 0 Å². The Morgan fingerprint density at radius 1 is 1.15 bits per heavy atom. The first-order chi connectivity index (χ1) is 9.72. The summed E-state index contributed by atoms with van der Waals surface area (Å²) in [6.45, 7) is 0.785. The van der Waals surface area contributed by atoms with Gasteiger partial charge in [-0.05, 0) is 47.7 Å². The maximum absolute atomic E-state index is 10.2. The molecule has 0 saturated heterocycles. The van der Waals surface area contributed by atoms with Crippen molar-refractivity contribution >= 4 is 5.69 Å². The lowest BCUT2D eigenvalue weighted by Crippen LogP contribution is -2.00. The molecule has 0 radical (unpaired) electrons. The van der Waals surface area contributed by atoms with Crippen LogP contribution in [0.3, 0.4) is 0 Å². The number of aliphatic hydroxyl groups is 1. The fourth-order valence-corrected chi connectivity index (χ4v) is 2.58. The average Bonchev–Trinajstić information content (AvgIpc) is 2.93. The number of aryl methyl sites for hydroxylation is 1. The molecule has 0 saturated carbocycles. The Bertz CT molecular complexity index is 592. The minimum absolute atomic E-state index is 0.444. The summed E-state index contributed by atoms with van der Waals surface area (Å²) in [5, 5.41) is 10.2.